The van der Waals surface area contributed by atoms with Crippen molar-refractivity contribution in [1.29, 1.82) is 0 Å². The molecule has 4 rings (SSSR count). The van der Waals surface area contributed by atoms with Crippen LogP contribution in [0.4, 0.5) is 0 Å². The third-order valence-electron chi connectivity index (χ3n) is 5.88. The number of methoxy groups -OCH3 is 1. The minimum atomic E-state index is -0.0724. The first-order valence-corrected chi connectivity index (χ1v) is 10.7. The van der Waals surface area contributed by atoms with Gasteiger partial charge in [-0.3, -0.25) is 14.7 Å². The maximum Gasteiger partial charge on any atom is 0.227 e. The van der Waals surface area contributed by atoms with E-state index >= 15 is 0 Å². The number of rotatable bonds is 6. The number of likely N-dealkylation sites (N-methyl/N-ethyl adjacent to an activating group) is 1. The second-order valence-corrected chi connectivity index (χ2v) is 8.15. The van der Waals surface area contributed by atoms with E-state index < -0.39 is 0 Å². The summed E-state index contributed by atoms with van der Waals surface area (Å²) in [5, 5.41) is 0. The van der Waals surface area contributed by atoms with Gasteiger partial charge < -0.3 is 9.64 Å². The van der Waals surface area contributed by atoms with Gasteiger partial charge in [0.1, 0.15) is 5.75 Å². The summed E-state index contributed by atoms with van der Waals surface area (Å²) >= 11 is 0. The van der Waals surface area contributed by atoms with E-state index in [-0.39, 0.29) is 11.8 Å². The number of hydrogen-bond donors (Lipinski definition) is 0. The Hall–Kier alpha value is -3.18. The van der Waals surface area contributed by atoms with Crippen molar-refractivity contribution in [3.05, 3.63) is 84.2 Å². The van der Waals surface area contributed by atoms with Gasteiger partial charge in [-0.2, -0.15) is 0 Å². The molecular weight excluding hydrogens is 386 g/mol. The number of carbonyl (C=O) groups excluding carboxylic acids is 1. The van der Waals surface area contributed by atoms with Gasteiger partial charge in [-0.15, -0.1) is 0 Å². The molecule has 1 aliphatic rings. The Bertz CT molecular complexity index is 1020. The van der Waals surface area contributed by atoms with Crippen molar-refractivity contribution in [2.24, 2.45) is 5.92 Å². The van der Waals surface area contributed by atoms with Gasteiger partial charge in [0.15, 0.2) is 0 Å². The van der Waals surface area contributed by atoms with E-state index in [1.54, 1.807) is 7.11 Å². The molecule has 1 fully saturated rings. The Morgan fingerprint density at radius 3 is 2.58 bits per heavy atom. The minimum absolute atomic E-state index is 0.0724. The lowest BCUT2D eigenvalue weighted by Gasteiger charge is -2.23. The maximum atomic E-state index is 13.1. The summed E-state index contributed by atoms with van der Waals surface area (Å²) in [6.07, 6.45) is 2.55. The zero-order chi connectivity index (χ0) is 21.6. The number of carbonyl (C=O) groups is 1. The molecule has 5 heteroatoms. The lowest BCUT2D eigenvalue weighted by Crippen LogP contribution is -2.34. The van der Waals surface area contributed by atoms with E-state index in [9.17, 15) is 4.79 Å². The van der Waals surface area contributed by atoms with E-state index in [1.165, 1.54) is 5.56 Å². The monoisotopic (exact) mass is 415 g/mol. The van der Waals surface area contributed by atoms with Gasteiger partial charge in [-0.25, -0.2) is 0 Å². The molecule has 0 aliphatic carbocycles. The number of amides is 1. The van der Waals surface area contributed by atoms with Gasteiger partial charge in [0, 0.05) is 39.4 Å². The molecule has 0 bridgehead atoms. The molecule has 2 heterocycles. The largest absolute Gasteiger partial charge is 0.497 e. The summed E-state index contributed by atoms with van der Waals surface area (Å²) in [4.78, 5) is 21.7. The highest BCUT2D eigenvalue weighted by Gasteiger charge is 2.28. The molecule has 1 amide bonds. The van der Waals surface area contributed by atoms with Crippen molar-refractivity contribution >= 4 is 5.91 Å². The van der Waals surface area contributed by atoms with Crippen LogP contribution in [0.1, 0.15) is 11.3 Å². The Labute approximate surface area is 184 Å². The molecule has 2 aromatic carbocycles. The van der Waals surface area contributed by atoms with Crippen molar-refractivity contribution in [3.63, 3.8) is 0 Å². The molecule has 1 aromatic heterocycles. The van der Waals surface area contributed by atoms with E-state index in [0.717, 1.165) is 55.2 Å². The summed E-state index contributed by atoms with van der Waals surface area (Å²) in [6, 6.07) is 22.5. The van der Waals surface area contributed by atoms with E-state index in [4.69, 9.17) is 4.74 Å². The third-order valence-corrected chi connectivity index (χ3v) is 5.88. The standard InChI is InChI=1S/C26H29N3O2/c1-28-13-14-29(19-24-10-3-4-12-27-24)18-23(26(28)30)16-20-7-5-8-21(15-20)22-9-6-11-25(17-22)31-2/h3-12,15,17,23H,13-14,16,18-19H2,1-2H3/t23-/m0/s1. The molecule has 0 unspecified atom stereocenters. The quantitative estimate of drug-likeness (QED) is 0.613. The molecule has 1 atom stereocenters. The second kappa shape index (κ2) is 9.75. The number of benzene rings is 2. The Morgan fingerprint density at radius 1 is 1.00 bits per heavy atom. The average Bonchev–Trinajstić information content (AvgIpc) is 2.94. The van der Waals surface area contributed by atoms with Gasteiger partial charge in [-0.05, 0) is 47.4 Å². The number of ether oxygens (including phenoxy) is 1. The molecule has 3 aromatic rings. The zero-order valence-electron chi connectivity index (χ0n) is 18.2. The average molecular weight is 416 g/mol. The molecule has 5 nitrogen and oxygen atoms in total. The highest BCUT2D eigenvalue weighted by molar-refractivity contribution is 5.79. The topological polar surface area (TPSA) is 45.7 Å². The first-order valence-electron chi connectivity index (χ1n) is 10.7. The molecule has 0 radical (unpaired) electrons. The number of hydrogen-bond acceptors (Lipinski definition) is 4. The molecule has 1 aliphatic heterocycles. The normalized spacial score (nSPS) is 17.4. The van der Waals surface area contributed by atoms with E-state index in [2.05, 4.69) is 40.2 Å². The predicted molar refractivity (Wildman–Crippen MR) is 123 cm³/mol. The SMILES string of the molecule is COc1cccc(-c2cccc(C[C@H]3CN(Cc4ccccn4)CCN(C)C3=O)c2)c1. The van der Waals surface area contributed by atoms with Crippen molar-refractivity contribution in [1.82, 2.24) is 14.8 Å². The van der Waals surface area contributed by atoms with Gasteiger partial charge in [0.25, 0.3) is 0 Å². The van der Waals surface area contributed by atoms with Crippen LogP contribution in [0.15, 0.2) is 72.9 Å². The van der Waals surface area contributed by atoms with Gasteiger partial charge in [0.2, 0.25) is 5.91 Å². The molecule has 1 saturated heterocycles. The number of aromatic nitrogens is 1. The fraction of sp³-hybridized carbons (Fsp3) is 0.308. The summed E-state index contributed by atoms with van der Waals surface area (Å²) in [6.45, 7) is 3.11. The van der Waals surface area contributed by atoms with Crippen molar-refractivity contribution in [2.75, 3.05) is 33.8 Å². The molecule has 0 spiro atoms. The fourth-order valence-electron chi connectivity index (χ4n) is 4.18. The minimum Gasteiger partial charge on any atom is -0.497 e. The van der Waals surface area contributed by atoms with Crippen LogP contribution in [0.3, 0.4) is 0 Å². The molecule has 160 valence electrons. The number of pyridine rings is 1. The Morgan fingerprint density at radius 2 is 1.81 bits per heavy atom. The summed E-state index contributed by atoms with van der Waals surface area (Å²) < 4.78 is 5.37. The van der Waals surface area contributed by atoms with Crippen molar-refractivity contribution in [3.8, 4) is 16.9 Å². The predicted octanol–water partition coefficient (Wildman–Crippen LogP) is 3.89. The Balaban J connectivity index is 1.52. The van der Waals surface area contributed by atoms with Gasteiger partial charge in [0.05, 0.1) is 18.7 Å². The third kappa shape index (κ3) is 5.30. The summed E-state index contributed by atoms with van der Waals surface area (Å²) in [7, 11) is 3.59. The number of nitrogens with zero attached hydrogens (tertiary/aromatic N) is 3. The molecule has 0 N–H and O–H groups in total. The zero-order valence-corrected chi connectivity index (χ0v) is 18.2. The van der Waals surface area contributed by atoms with Crippen molar-refractivity contribution in [2.45, 2.75) is 13.0 Å². The Kier molecular flexibility index (Phi) is 6.63. The van der Waals surface area contributed by atoms with Crippen molar-refractivity contribution < 1.29 is 9.53 Å². The highest BCUT2D eigenvalue weighted by atomic mass is 16.5. The van der Waals surface area contributed by atoms with Crippen LogP contribution in [-0.2, 0) is 17.8 Å². The van der Waals surface area contributed by atoms with Crippen LogP contribution >= 0.6 is 0 Å². The summed E-state index contributed by atoms with van der Waals surface area (Å²) in [5.41, 5.74) is 4.46. The maximum absolute atomic E-state index is 13.1. The van der Waals surface area contributed by atoms with Gasteiger partial charge >= 0.3 is 0 Å². The van der Waals surface area contributed by atoms with E-state index in [1.807, 2.05) is 54.5 Å². The highest BCUT2D eigenvalue weighted by Crippen LogP contribution is 2.26. The van der Waals surface area contributed by atoms with Crippen LogP contribution in [0.5, 0.6) is 5.75 Å². The second-order valence-electron chi connectivity index (χ2n) is 8.15. The lowest BCUT2D eigenvalue weighted by molar-refractivity contribution is -0.133. The molecular formula is C26H29N3O2. The smallest absolute Gasteiger partial charge is 0.227 e. The first kappa shape index (κ1) is 21.1. The lowest BCUT2D eigenvalue weighted by atomic mass is 9.94. The van der Waals surface area contributed by atoms with Crippen LogP contribution in [0.2, 0.25) is 0 Å². The van der Waals surface area contributed by atoms with Gasteiger partial charge in [-0.1, -0.05) is 42.5 Å². The van der Waals surface area contributed by atoms with Crippen LogP contribution in [0.25, 0.3) is 11.1 Å². The van der Waals surface area contributed by atoms with Crippen LogP contribution in [0, 0.1) is 5.92 Å². The fourth-order valence-corrected chi connectivity index (χ4v) is 4.18. The summed E-state index contributed by atoms with van der Waals surface area (Å²) in [5.74, 6) is 0.987. The van der Waals surface area contributed by atoms with Crippen LogP contribution < -0.4 is 4.74 Å². The molecule has 31 heavy (non-hydrogen) atoms. The van der Waals surface area contributed by atoms with Crippen LogP contribution in [-0.4, -0.2) is 54.5 Å². The first-order chi connectivity index (χ1) is 15.1. The van der Waals surface area contributed by atoms with E-state index in [0.29, 0.717) is 0 Å². The molecule has 0 saturated carbocycles.